The lowest BCUT2D eigenvalue weighted by Gasteiger charge is -2.17. The molecule has 1 heterocycles. The predicted octanol–water partition coefficient (Wildman–Crippen LogP) is 2.08. The molecule has 100 valence electrons. The van der Waals surface area contributed by atoms with Gasteiger partial charge in [0.05, 0.1) is 19.9 Å². The number of hydrogen-bond donors (Lipinski definition) is 2. The van der Waals surface area contributed by atoms with Crippen molar-refractivity contribution >= 4 is 11.7 Å². The van der Waals surface area contributed by atoms with Crippen LogP contribution < -0.4 is 10.1 Å². The SMILES string of the molecule is COc1ccc(NC(=O)N(C)Cc2cn[nH]c2)cc1. The first kappa shape index (κ1) is 12.9. The number of amides is 2. The van der Waals surface area contributed by atoms with E-state index in [4.69, 9.17) is 4.74 Å². The predicted molar refractivity (Wildman–Crippen MR) is 72.1 cm³/mol. The normalized spacial score (nSPS) is 10.0. The maximum absolute atomic E-state index is 11.9. The number of H-pyrrole nitrogens is 1. The van der Waals surface area contributed by atoms with E-state index < -0.39 is 0 Å². The quantitative estimate of drug-likeness (QED) is 0.884. The fraction of sp³-hybridized carbons (Fsp3) is 0.231. The molecule has 0 saturated carbocycles. The van der Waals surface area contributed by atoms with Crippen LogP contribution in [-0.2, 0) is 6.54 Å². The molecule has 1 aromatic carbocycles. The molecule has 0 aliphatic rings. The van der Waals surface area contributed by atoms with Gasteiger partial charge in [-0.2, -0.15) is 5.10 Å². The van der Waals surface area contributed by atoms with Crippen LogP contribution in [0, 0.1) is 0 Å². The van der Waals surface area contributed by atoms with Crippen molar-refractivity contribution in [2.45, 2.75) is 6.54 Å². The van der Waals surface area contributed by atoms with Gasteiger partial charge in [-0.3, -0.25) is 5.10 Å². The molecule has 0 fully saturated rings. The molecule has 2 N–H and O–H groups in total. The summed E-state index contributed by atoms with van der Waals surface area (Å²) in [6.07, 6.45) is 3.45. The number of aromatic nitrogens is 2. The van der Waals surface area contributed by atoms with Gasteiger partial charge in [0, 0.05) is 24.5 Å². The number of hydrogen-bond acceptors (Lipinski definition) is 3. The molecule has 6 heteroatoms. The molecule has 0 aliphatic carbocycles. The molecule has 0 aliphatic heterocycles. The Bertz CT molecular complexity index is 522. The molecule has 6 nitrogen and oxygen atoms in total. The van der Waals surface area contributed by atoms with Gasteiger partial charge in [-0.15, -0.1) is 0 Å². The van der Waals surface area contributed by atoms with E-state index in [0.717, 1.165) is 17.0 Å². The van der Waals surface area contributed by atoms with Crippen LogP contribution >= 0.6 is 0 Å². The van der Waals surface area contributed by atoms with Crippen LogP contribution in [0.15, 0.2) is 36.7 Å². The van der Waals surface area contributed by atoms with Crippen molar-refractivity contribution in [3.63, 3.8) is 0 Å². The second-order valence-electron chi connectivity index (χ2n) is 4.12. The number of nitrogens with zero attached hydrogens (tertiary/aromatic N) is 2. The number of anilines is 1. The minimum absolute atomic E-state index is 0.175. The number of ether oxygens (including phenoxy) is 1. The molecule has 2 aromatic rings. The summed E-state index contributed by atoms with van der Waals surface area (Å²) in [6, 6.07) is 7.01. The van der Waals surface area contributed by atoms with E-state index in [-0.39, 0.29) is 6.03 Å². The van der Waals surface area contributed by atoms with Gasteiger partial charge in [0.15, 0.2) is 0 Å². The van der Waals surface area contributed by atoms with E-state index in [0.29, 0.717) is 6.54 Å². The Morgan fingerprint density at radius 1 is 1.42 bits per heavy atom. The highest BCUT2D eigenvalue weighted by Crippen LogP contribution is 2.15. The topological polar surface area (TPSA) is 70.2 Å². The van der Waals surface area contributed by atoms with Crippen molar-refractivity contribution in [3.8, 4) is 5.75 Å². The first-order chi connectivity index (χ1) is 9.19. The number of carbonyl (C=O) groups excluding carboxylic acids is 1. The van der Waals surface area contributed by atoms with Crippen LogP contribution in [0.1, 0.15) is 5.56 Å². The molecule has 0 unspecified atom stereocenters. The first-order valence-corrected chi connectivity index (χ1v) is 5.83. The smallest absolute Gasteiger partial charge is 0.321 e. The fourth-order valence-corrected chi connectivity index (χ4v) is 1.60. The number of methoxy groups -OCH3 is 1. The Morgan fingerprint density at radius 2 is 2.16 bits per heavy atom. The Morgan fingerprint density at radius 3 is 2.74 bits per heavy atom. The molecule has 0 atom stereocenters. The first-order valence-electron chi connectivity index (χ1n) is 5.83. The van der Waals surface area contributed by atoms with E-state index in [1.165, 1.54) is 0 Å². The summed E-state index contributed by atoms with van der Waals surface area (Å²) in [5.41, 5.74) is 1.68. The minimum atomic E-state index is -0.175. The maximum atomic E-state index is 11.9. The number of aromatic amines is 1. The molecular formula is C13H16N4O2. The second-order valence-corrected chi connectivity index (χ2v) is 4.12. The van der Waals surface area contributed by atoms with E-state index in [1.54, 1.807) is 55.7 Å². The van der Waals surface area contributed by atoms with Gasteiger partial charge in [-0.25, -0.2) is 4.79 Å². The van der Waals surface area contributed by atoms with Gasteiger partial charge in [0.25, 0.3) is 0 Å². The summed E-state index contributed by atoms with van der Waals surface area (Å²) >= 11 is 0. The van der Waals surface area contributed by atoms with E-state index >= 15 is 0 Å². The van der Waals surface area contributed by atoms with E-state index in [1.807, 2.05) is 0 Å². The summed E-state index contributed by atoms with van der Waals surface area (Å²) in [5, 5.41) is 9.36. The average molecular weight is 260 g/mol. The van der Waals surface area contributed by atoms with Crippen molar-refractivity contribution in [1.29, 1.82) is 0 Å². The van der Waals surface area contributed by atoms with Crippen molar-refractivity contribution in [2.75, 3.05) is 19.5 Å². The number of rotatable bonds is 4. The number of urea groups is 1. The Kier molecular flexibility index (Phi) is 4.02. The van der Waals surface area contributed by atoms with E-state index in [2.05, 4.69) is 15.5 Å². The van der Waals surface area contributed by atoms with Crippen LogP contribution in [0.2, 0.25) is 0 Å². The Labute approximate surface area is 111 Å². The zero-order valence-electron chi connectivity index (χ0n) is 10.9. The van der Waals surface area contributed by atoms with Gasteiger partial charge in [0.1, 0.15) is 5.75 Å². The molecular weight excluding hydrogens is 244 g/mol. The van der Waals surface area contributed by atoms with Gasteiger partial charge in [-0.1, -0.05) is 0 Å². The van der Waals surface area contributed by atoms with Crippen LogP contribution in [0.25, 0.3) is 0 Å². The zero-order valence-corrected chi connectivity index (χ0v) is 10.9. The molecule has 1 aromatic heterocycles. The highest BCUT2D eigenvalue weighted by atomic mass is 16.5. The molecule has 0 saturated heterocycles. The van der Waals surface area contributed by atoms with Gasteiger partial charge >= 0.3 is 6.03 Å². The third kappa shape index (κ3) is 3.48. The second kappa shape index (κ2) is 5.90. The lowest BCUT2D eigenvalue weighted by molar-refractivity contribution is 0.220. The van der Waals surface area contributed by atoms with Crippen LogP contribution in [0.4, 0.5) is 10.5 Å². The minimum Gasteiger partial charge on any atom is -0.497 e. The monoisotopic (exact) mass is 260 g/mol. The lowest BCUT2D eigenvalue weighted by atomic mass is 10.3. The standard InChI is InChI=1S/C13H16N4O2/c1-17(9-10-7-14-15-8-10)13(18)16-11-3-5-12(19-2)6-4-11/h3-8H,9H2,1-2H3,(H,14,15)(H,16,18). The summed E-state index contributed by atoms with van der Waals surface area (Å²) in [5.74, 6) is 0.754. The Hall–Kier alpha value is -2.50. The summed E-state index contributed by atoms with van der Waals surface area (Å²) in [7, 11) is 3.33. The van der Waals surface area contributed by atoms with Crippen molar-refractivity contribution in [2.24, 2.45) is 0 Å². The van der Waals surface area contributed by atoms with Crippen molar-refractivity contribution in [1.82, 2.24) is 15.1 Å². The van der Waals surface area contributed by atoms with E-state index in [9.17, 15) is 4.79 Å². The van der Waals surface area contributed by atoms with Crippen molar-refractivity contribution in [3.05, 3.63) is 42.2 Å². The largest absolute Gasteiger partial charge is 0.497 e. The lowest BCUT2D eigenvalue weighted by Crippen LogP contribution is -2.30. The third-order valence-corrected chi connectivity index (χ3v) is 2.66. The summed E-state index contributed by atoms with van der Waals surface area (Å²) in [6.45, 7) is 0.499. The van der Waals surface area contributed by atoms with Crippen LogP contribution in [0.5, 0.6) is 5.75 Å². The average Bonchev–Trinajstić information content (AvgIpc) is 2.92. The van der Waals surface area contributed by atoms with Crippen molar-refractivity contribution < 1.29 is 9.53 Å². The summed E-state index contributed by atoms with van der Waals surface area (Å²) in [4.78, 5) is 13.5. The van der Waals surface area contributed by atoms with Crippen LogP contribution in [-0.4, -0.2) is 35.3 Å². The molecule has 0 bridgehead atoms. The molecule has 0 spiro atoms. The zero-order chi connectivity index (χ0) is 13.7. The maximum Gasteiger partial charge on any atom is 0.321 e. The Balaban J connectivity index is 1.92. The van der Waals surface area contributed by atoms with Gasteiger partial charge < -0.3 is 15.0 Å². The van der Waals surface area contributed by atoms with Gasteiger partial charge in [-0.05, 0) is 24.3 Å². The number of nitrogens with one attached hydrogen (secondary N) is 2. The number of carbonyl (C=O) groups is 1. The molecule has 0 radical (unpaired) electrons. The fourth-order valence-electron chi connectivity index (χ4n) is 1.60. The highest BCUT2D eigenvalue weighted by molar-refractivity contribution is 5.89. The van der Waals surface area contributed by atoms with Gasteiger partial charge in [0.2, 0.25) is 0 Å². The molecule has 2 amide bonds. The highest BCUT2D eigenvalue weighted by Gasteiger charge is 2.09. The third-order valence-electron chi connectivity index (χ3n) is 2.66. The van der Waals surface area contributed by atoms with Crippen LogP contribution in [0.3, 0.4) is 0 Å². The summed E-state index contributed by atoms with van der Waals surface area (Å²) < 4.78 is 5.06. The molecule has 19 heavy (non-hydrogen) atoms. The number of benzene rings is 1. The molecule has 2 rings (SSSR count).